The zero-order valence-corrected chi connectivity index (χ0v) is 20.5. The van der Waals surface area contributed by atoms with E-state index in [1.807, 2.05) is 13.8 Å². The summed E-state index contributed by atoms with van der Waals surface area (Å²) in [5.74, 6) is -4.99. The summed E-state index contributed by atoms with van der Waals surface area (Å²) in [6.07, 6.45) is 0.859. The molecule has 4 atom stereocenters. The molecule has 0 radical (unpaired) electrons. The molecule has 0 saturated carbocycles. The fourth-order valence-electron chi connectivity index (χ4n) is 3.07. The molecular formula is C21H39N7O7. The van der Waals surface area contributed by atoms with E-state index < -0.39 is 72.6 Å². The summed E-state index contributed by atoms with van der Waals surface area (Å²) in [5.41, 5.74) is 15.9. The fourth-order valence-corrected chi connectivity index (χ4v) is 3.07. The Bertz CT molecular complexity index is 760. The van der Waals surface area contributed by atoms with Crippen LogP contribution < -0.4 is 38.5 Å². The van der Waals surface area contributed by atoms with Gasteiger partial charge in [0.25, 0.3) is 0 Å². The number of nitrogens with two attached hydrogens (primary N) is 3. The average Bonchev–Trinajstić information content (AvgIpc) is 2.76. The zero-order valence-electron chi connectivity index (χ0n) is 20.5. The third-order valence-corrected chi connectivity index (χ3v) is 4.90. The number of carboxylic acid groups (broad SMARTS) is 1. The molecule has 0 bridgehead atoms. The first kappa shape index (κ1) is 31.7. The molecule has 14 nitrogen and oxygen atoms in total. The highest BCUT2D eigenvalue weighted by molar-refractivity contribution is 5.96. The molecule has 14 heteroatoms. The van der Waals surface area contributed by atoms with E-state index in [-0.39, 0.29) is 18.8 Å². The van der Waals surface area contributed by atoms with E-state index in [0.29, 0.717) is 19.4 Å². The van der Waals surface area contributed by atoms with Crippen LogP contribution in [-0.2, 0) is 28.8 Å². The fraction of sp³-hybridized carbons (Fsp3) is 0.714. The summed E-state index contributed by atoms with van der Waals surface area (Å²) in [6, 6.07) is -4.70. The Morgan fingerprint density at radius 1 is 0.771 bits per heavy atom. The largest absolute Gasteiger partial charge is 0.480 e. The molecule has 0 aromatic heterocycles. The van der Waals surface area contributed by atoms with Crippen molar-refractivity contribution in [2.24, 2.45) is 23.1 Å². The minimum atomic E-state index is -1.35. The van der Waals surface area contributed by atoms with Gasteiger partial charge in [-0.1, -0.05) is 13.8 Å². The third-order valence-electron chi connectivity index (χ3n) is 4.90. The molecule has 0 fully saturated rings. The Kier molecular flexibility index (Phi) is 14.9. The predicted molar refractivity (Wildman–Crippen MR) is 126 cm³/mol. The number of carbonyl (C=O) groups is 6. The minimum Gasteiger partial charge on any atom is -0.480 e. The van der Waals surface area contributed by atoms with Crippen LogP contribution in [-0.4, -0.2) is 77.9 Å². The van der Waals surface area contributed by atoms with Gasteiger partial charge in [0.15, 0.2) is 0 Å². The van der Waals surface area contributed by atoms with Crippen LogP contribution in [0, 0.1) is 5.92 Å². The molecule has 0 unspecified atom stereocenters. The maximum absolute atomic E-state index is 12.9. The highest BCUT2D eigenvalue weighted by Gasteiger charge is 2.30. The SMILES string of the molecule is CC(C)C[C@H](NC(=O)[C@H](C)NC(=O)[C@H](CCCCN)NC(=O)[C@H](CC(N)=O)NC(=O)CN)C(=O)O. The molecule has 11 N–H and O–H groups in total. The number of nitrogens with one attached hydrogen (secondary N) is 4. The van der Waals surface area contributed by atoms with Crippen molar-refractivity contribution in [3.63, 3.8) is 0 Å². The Balaban J connectivity index is 5.39. The van der Waals surface area contributed by atoms with Crippen LogP contribution >= 0.6 is 0 Å². The molecule has 35 heavy (non-hydrogen) atoms. The molecule has 0 spiro atoms. The van der Waals surface area contributed by atoms with E-state index in [0.717, 1.165) is 0 Å². The van der Waals surface area contributed by atoms with Gasteiger partial charge in [-0.15, -0.1) is 0 Å². The quantitative estimate of drug-likeness (QED) is 0.0946. The third kappa shape index (κ3) is 13.3. The lowest BCUT2D eigenvalue weighted by molar-refractivity contribution is -0.142. The van der Waals surface area contributed by atoms with E-state index in [9.17, 15) is 33.9 Å². The number of carboxylic acids is 1. The number of aliphatic carboxylic acids is 1. The van der Waals surface area contributed by atoms with E-state index in [4.69, 9.17) is 17.2 Å². The second kappa shape index (κ2) is 16.4. The van der Waals surface area contributed by atoms with Crippen LogP contribution in [0.15, 0.2) is 0 Å². The lowest BCUT2D eigenvalue weighted by Crippen LogP contribution is -2.57. The number of amides is 5. The summed E-state index contributed by atoms with van der Waals surface area (Å²) >= 11 is 0. The topological polar surface area (TPSA) is 249 Å². The number of primary amides is 1. The van der Waals surface area contributed by atoms with Crippen molar-refractivity contribution >= 4 is 35.5 Å². The number of hydrogen-bond donors (Lipinski definition) is 8. The Morgan fingerprint density at radius 2 is 1.34 bits per heavy atom. The average molecular weight is 502 g/mol. The molecule has 5 amide bonds. The van der Waals surface area contributed by atoms with Crippen LogP contribution in [0.2, 0.25) is 0 Å². The van der Waals surface area contributed by atoms with Crippen molar-refractivity contribution in [3.05, 3.63) is 0 Å². The maximum atomic E-state index is 12.9. The van der Waals surface area contributed by atoms with Crippen LogP contribution in [0.25, 0.3) is 0 Å². The first-order valence-corrected chi connectivity index (χ1v) is 11.4. The van der Waals surface area contributed by atoms with Gasteiger partial charge in [-0.05, 0) is 45.1 Å². The molecule has 0 rings (SSSR count). The standard InChI is InChI=1S/C21H39N7O7/c1-11(2)8-15(21(34)35)28-18(31)12(3)25-19(32)13(6-4-5-7-22)27-20(33)14(9-16(24)29)26-17(30)10-23/h11-15H,4-10,22-23H2,1-3H3,(H2,24,29)(H,25,32)(H,26,30)(H,27,33)(H,28,31)(H,34,35)/t12-,13-,14-,15-/m0/s1. The monoisotopic (exact) mass is 501 g/mol. The lowest BCUT2D eigenvalue weighted by atomic mass is 10.0. The van der Waals surface area contributed by atoms with Gasteiger partial charge >= 0.3 is 5.97 Å². The maximum Gasteiger partial charge on any atom is 0.326 e. The Labute approximate surface area is 204 Å². The van der Waals surface area contributed by atoms with Crippen LogP contribution in [0.3, 0.4) is 0 Å². The van der Waals surface area contributed by atoms with Gasteiger partial charge in [0.1, 0.15) is 24.2 Å². The second-order valence-corrected chi connectivity index (χ2v) is 8.60. The van der Waals surface area contributed by atoms with E-state index in [2.05, 4.69) is 21.3 Å². The summed E-state index contributed by atoms with van der Waals surface area (Å²) in [7, 11) is 0. The van der Waals surface area contributed by atoms with Crippen molar-refractivity contribution in [2.45, 2.75) is 77.0 Å². The highest BCUT2D eigenvalue weighted by atomic mass is 16.4. The predicted octanol–water partition coefficient (Wildman–Crippen LogP) is -2.96. The van der Waals surface area contributed by atoms with Crippen molar-refractivity contribution in [1.29, 1.82) is 0 Å². The molecule has 200 valence electrons. The Morgan fingerprint density at radius 3 is 1.83 bits per heavy atom. The molecular weight excluding hydrogens is 462 g/mol. The normalized spacial score (nSPS) is 14.2. The van der Waals surface area contributed by atoms with Crippen LogP contribution in [0.1, 0.15) is 52.9 Å². The molecule has 0 aliphatic carbocycles. The molecule has 0 aliphatic heterocycles. The highest BCUT2D eigenvalue weighted by Crippen LogP contribution is 2.06. The van der Waals surface area contributed by atoms with Gasteiger partial charge in [0.2, 0.25) is 29.5 Å². The van der Waals surface area contributed by atoms with Gasteiger partial charge in [0.05, 0.1) is 13.0 Å². The van der Waals surface area contributed by atoms with Crippen LogP contribution in [0.4, 0.5) is 0 Å². The zero-order chi connectivity index (χ0) is 27.1. The van der Waals surface area contributed by atoms with Gasteiger partial charge in [0, 0.05) is 0 Å². The van der Waals surface area contributed by atoms with Crippen molar-refractivity contribution in [3.8, 4) is 0 Å². The van der Waals surface area contributed by atoms with Gasteiger partial charge in [-0.25, -0.2) is 4.79 Å². The number of hydrogen-bond acceptors (Lipinski definition) is 8. The number of rotatable bonds is 17. The molecule has 0 heterocycles. The summed E-state index contributed by atoms with van der Waals surface area (Å²) in [4.78, 5) is 72.3. The molecule has 0 saturated heterocycles. The summed E-state index contributed by atoms with van der Waals surface area (Å²) in [6.45, 7) is 4.92. The Hall–Kier alpha value is -3.26. The summed E-state index contributed by atoms with van der Waals surface area (Å²) < 4.78 is 0. The number of carbonyl (C=O) groups excluding carboxylic acids is 5. The number of unbranched alkanes of at least 4 members (excludes halogenated alkanes) is 1. The second-order valence-electron chi connectivity index (χ2n) is 8.60. The molecule has 0 aromatic carbocycles. The minimum absolute atomic E-state index is 0.0107. The van der Waals surface area contributed by atoms with Crippen LogP contribution in [0.5, 0.6) is 0 Å². The molecule has 0 aromatic rings. The van der Waals surface area contributed by atoms with Crippen molar-refractivity contribution in [1.82, 2.24) is 21.3 Å². The summed E-state index contributed by atoms with van der Waals surface area (Å²) in [5, 5.41) is 18.9. The van der Waals surface area contributed by atoms with E-state index in [1.54, 1.807) is 0 Å². The van der Waals surface area contributed by atoms with Gasteiger partial charge < -0.3 is 43.6 Å². The van der Waals surface area contributed by atoms with Crippen molar-refractivity contribution in [2.75, 3.05) is 13.1 Å². The smallest absolute Gasteiger partial charge is 0.326 e. The first-order valence-electron chi connectivity index (χ1n) is 11.4. The van der Waals surface area contributed by atoms with Gasteiger partial charge in [-0.3, -0.25) is 24.0 Å². The van der Waals surface area contributed by atoms with E-state index in [1.165, 1.54) is 6.92 Å². The van der Waals surface area contributed by atoms with E-state index >= 15 is 0 Å². The molecule has 0 aliphatic rings. The van der Waals surface area contributed by atoms with Crippen molar-refractivity contribution < 1.29 is 33.9 Å². The lowest BCUT2D eigenvalue weighted by Gasteiger charge is -2.24. The van der Waals surface area contributed by atoms with Gasteiger partial charge in [-0.2, -0.15) is 0 Å². The first-order chi connectivity index (χ1) is 16.3.